The Morgan fingerprint density at radius 3 is 2.14 bits per heavy atom. The number of Topliss-reactive ketones (excluding diaryl/α,β-unsaturated/α-hetero) is 1. The van der Waals surface area contributed by atoms with Crippen LogP contribution in [0.15, 0.2) is 48.5 Å². The van der Waals surface area contributed by atoms with Gasteiger partial charge in [0.1, 0.15) is 11.5 Å². The normalized spacial score (nSPS) is 19.6. The van der Waals surface area contributed by atoms with E-state index < -0.39 is 0 Å². The lowest BCUT2D eigenvalue weighted by Crippen LogP contribution is -2.23. The van der Waals surface area contributed by atoms with E-state index in [9.17, 15) is 4.79 Å². The summed E-state index contributed by atoms with van der Waals surface area (Å²) in [6.07, 6.45) is 8.94. The van der Waals surface area contributed by atoms with Crippen molar-refractivity contribution >= 4 is 5.78 Å². The quantitative estimate of drug-likeness (QED) is 0.432. The second-order valence-corrected chi connectivity index (χ2v) is 8.13. The molecule has 2 nitrogen and oxygen atoms in total. The lowest BCUT2D eigenvalue weighted by molar-refractivity contribution is -0.123. The maximum Gasteiger partial charge on any atom is 0.140 e. The van der Waals surface area contributed by atoms with E-state index in [4.69, 9.17) is 4.74 Å². The summed E-state index contributed by atoms with van der Waals surface area (Å²) in [5, 5.41) is 0. The van der Waals surface area contributed by atoms with Crippen LogP contribution in [0.3, 0.4) is 0 Å². The van der Waals surface area contributed by atoms with E-state index in [1.54, 1.807) is 0 Å². The fraction of sp³-hybridized carbons (Fsp3) is 0.500. The van der Waals surface area contributed by atoms with E-state index >= 15 is 0 Å². The first kappa shape index (κ1) is 20.6. The number of unbranched alkanes of at least 4 members (excludes halogenated alkanes) is 3. The van der Waals surface area contributed by atoms with Gasteiger partial charge in [-0.2, -0.15) is 0 Å². The number of benzene rings is 2. The van der Waals surface area contributed by atoms with E-state index in [-0.39, 0.29) is 5.92 Å². The number of ether oxygens (including phenoxy) is 1. The molecule has 2 aromatic rings. The van der Waals surface area contributed by atoms with Gasteiger partial charge in [0.05, 0.1) is 6.61 Å². The number of carbonyl (C=O) groups is 1. The van der Waals surface area contributed by atoms with Crippen LogP contribution in [0, 0.1) is 5.92 Å². The molecule has 150 valence electrons. The molecule has 0 aromatic heterocycles. The third kappa shape index (κ3) is 5.47. The van der Waals surface area contributed by atoms with Crippen LogP contribution in [-0.2, 0) is 4.79 Å². The molecule has 0 saturated heterocycles. The predicted molar refractivity (Wildman–Crippen MR) is 117 cm³/mol. The molecule has 0 N–H and O–H groups in total. The number of ketones is 1. The van der Waals surface area contributed by atoms with Gasteiger partial charge in [0.2, 0.25) is 0 Å². The van der Waals surface area contributed by atoms with Crippen LogP contribution in [0.2, 0.25) is 0 Å². The molecule has 28 heavy (non-hydrogen) atoms. The number of hydrogen-bond acceptors (Lipinski definition) is 2. The molecule has 2 heteroatoms. The van der Waals surface area contributed by atoms with Crippen molar-refractivity contribution in [2.75, 3.05) is 6.61 Å². The van der Waals surface area contributed by atoms with Crippen LogP contribution < -0.4 is 4.74 Å². The van der Waals surface area contributed by atoms with Crippen LogP contribution in [0.4, 0.5) is 0 Å². The zero-order valence-corrected chi connectivity index (χ0v) is 17.5. The minimum atomic E-state index is 0.0975. The second kappa shape index (κ2) is 10.5. The molecule has 1 aliphatic carbocycles. The third-order valence-corrected chi connectivity index (χ3v) is 6.09. The van der Waals surface area contributed by atoms with Gasteiger partial charge < -0.3 is 4.74 Å². The first-order chi connectivity index (χ1) is 13.7. The summed E-state index contributed by atoms with van der Waals surface area (Å²) in [5.74, 6) is 2.05. The Morgan fingerprint density at radius 2 is 1.54 bits per heavy atom. The van der Waals surface area contributed by atoms with E-state index in [1.165, 1.54) is 42.4 Å². The number of hydrogen-bond donors (Lipinski definition) is 0. The summed E-state index contributed by atoms with van der Waals surface area (Å²) in [5.41, 5.74) is 3.55. The fourth-order valence-corrected chi connectivity index (χ4v) is 4.16. The summed E-state index contributed by atoms with van der Waals surface area (Å²) in [4.78, 5) is 12.5. The molecule has 2 unspecified atom stereocenters. The van der Waals surface area contributed by atoms with Gasteiger partial charge in [-0.1, -0.05) is 75.9 Å². The summed E-state index contributed by atoms with van der Waals surface area (Å²) in [7, 11) is 0. The summed E-state index contributed by atoms with van der Waals surface area (Å²) in [6, 6.07) is 16.9. The van der Waals surface area contributed by atoms with Crippen molar-refractivity contribution in [1.29, 1.82) is 0 Å². The first-order valence-corrected chi connectivity index (χ1v) is 11.1. The Kier molecular flexibility index (Phi) is 7.71. The highest BCUT2D eigenvalue weighted by molar-refractivity contribution is 5.86. The average Bonchev–Trinajstić information content (AvgIpc) is 2.74. The van der Waals surface area contributed by atoms with Crippen molar-refractivity contribution in [3.05, 3.63) is 54.1 Å². The van der Waals surface area contributed by atoms with Crippen molar-refractivity contribution < 1.29 is 9.53 Å². The zero-order valence-electron chi connectivity index (χ0n) is 17.5. The van der Waals surface area contributed by atoms with Gasteiger partial charge in [0.25, 0.3) is 0 Å². The fourth-order valence-electron chi connectivity index (χ4n) is 4.16. The monoisotopic (exact) mass is 378 g/mol. The van der Waals surface area contributed by atoms with E-state index in [0.29, 0.717) is 11.7 Å². The lowest BCUT2D eigenvalue weighted by atomic mass is 9.77. The molecule has 2 aromatic carbocycles. The molecule has 0 heterocycles. The smallest absolute Gasteiger partial charge is 0.140 e. The van der Waals surface area contributed by atoms with Crippen molar-refractivity contribution in [1.82, 2.24) is 0 Å². The third-order valence-electron chi connectivity index (χ3n) is 6.09. The van der Waals surface area contributed by atoms with Crippen molar-refractivity contribution in [2.45, 2.75) is 71.1 Å². The largest absolute Gasteiger partial charge is 0.494 e. The van der Waals surface area contributed by atoms with Crippen molar-refractivity contribution in [2.24, 2.45) is 5.92 Å². The molecule has 1 fully saturated rings. The van der Waals surface area contributed by atoms with Gasteiger partial charge in [-0.25, -0.2) is 0 Å². The van der Waals surface area contributed by atoms with Crippen LogP contribution >= 0.6 is 0 Å². The van der Waals surface area contributed by atoms with E-state index in [1.807, 2.05) is 0 Å². The highest BCUT2D eigenvalue weighted by Gasteiger charge is 2.28. The maximum atomic E-state index is 12.5. The van der Waals surface area contributed by atoms with Gasteiger partial charge >= 0.3 is 0 Å². The van der Waals surface area contributed by atoms with Crippen molar-refractivity contribution in [3.8, 4) is 16.9 Å². The zero-order chi connectivity index (χ0) is 19.8. The van der Waals surface area contributed by atoms with E-state index in [0.717, 1.165) is 38.0 Å². The standard InChI is InChI=1S/C26H34O2/c1-3-5-6-7-18-28-24-15-13-22(14-16-24)21-9-11-23(12-10-21)25-17-8-20(4-2)19-26(25)27/h9-16,20,25H,3-8,17-19H2,1-2H3. The average molecular weight is 379 g/mol. The molecule has 2 atom stereocenters. The minimum absolute atomic E-state index is 0.0975. The number of rotatable bonds is 9. The van der Waals surface area contributed by atoms with Crippen LogP contribution in [-0.4, -0.2) is 12.4 Å². The molecule has 1 saturated carbocycles. The van der Waals surface area contributed by atoms with Crippen LogP contribution in [0.25, 0.3) is 11.1 Å². The molecule has 1 aliphatic rings. The minimum Gasteiger partial charge on any atom is -0.494 e. The highest BCUT2D eigenvalue weighted by atomic mass is 16.5. The molecule has 0 bridgehead atoms. The summed E-state index contributed by atoms with van der Waals surface area (Å²) >= 11 is 0. The van der Waals surface area contributed by atoms with Crippen molar-refractivity contribution in [3.63, 3.8) is 0 Å². The Bertz CT molecular complexity index is 730. The van der Waals surface area contributed by atoms with Gasteiger partial charge in [0.15, 0.2) is 0 Å². The molecule has 0 aliphatic heterocycles. The molecule has 0 amide bonds. The lowest BCUT2D eigenvalue weighted by Gasteiger charge is -2.27. The van der Waals surface area contributed by atoms with Crippen LogP contribution in [0.1, 0.15) is 76.7 Å². The SMILES string of the molecule is CCCCCCOc1ccc(-c2ccc(C3CCC(CC)CC3=O)cc2)cc1. The van der Waals surface area contributed by atoms with Gasteiger partial charge in [0, 0.05) is 12.3 Å². The molecule has 0 radical (unpaired) electrons. The Morgan fingerprint density at radius 1 is 0.857 bits per heavy atom. The Balaban J connectivity index is 1.57. The summed E-state index contributed by atoms with van der Waals surface area (Å²) in [6.45, 7) is 5.21. The Hall–Kier alpha value is -2.09. The second-order valence-electron chi connectivity index (χ2n) is 8.13. The number of carbonyl (C=O) groups excluding carboxylic acids is 1. The molecule has 3 rings (SSSR count). The van der Waals surface area contributed by atoms with Gasteiger partial charge in [-0.15, -0.1) is 0 Å². The first-order valence-electron chi connectivity index (χ1n) is 11.1. The molecular formula is C26H34O2. The molecule has 0 spiro atoms. The molecular weight excluding hydrogens is 344 g/mol. The van der Waals surface area contributed by atoms with Gasteiger partial charge in [-0.3, -0.25) is 4.79 Å². The summed E-state index contributed by atoms with van der Waals surface area (Å²) < 4.78 is 5.83. The van der Waals surface area contributed by atoms with Gasteiger partial charge in [-0.05, 0) is 54.0 Å². The van der Waals surface area contributed by atoms with E-state index in [2.05, 4.69) is 62.4 Å². The Labute approximate surface area is 170 Å². The highest BCUT2D eigenvalue weighted by Crippen LogP contribution is 2.35. The predicted octanol–water partition coefficient (Wildman–Crippen LogP) is 7.18. The maximum absolute atomic E-state index is 12.5. The van der Waals surface area contributed by atoms with Crippen LogP contribution in [0.5, 0.6) is 5.75 Å². The topological polar surface area (TPSA) is 26.3 Å².